The van der Waals surface area contributed by atoms with Gasteiger partial charge in [-0.2, -0.15) is 0 Å². The van der Waals surface area contributed by atoms with Gasteiger partial charge in [0.25, 0.3) is 6.71 Å². The Hall–Kier alpha value is -4.92. The lowest BCUT2D eigenvalue weighted by Gasteiger charge is -2.48. The Labute approximate surface area is 417 Å². The zero-order chi connectivity index (χ0) is 49.5. The summed E-state index contributed by atoms with van der Waals surface area (Å²) in [6, 6.07) is 22.8. The zero-order valence-corrected chi connectivity index (χ0v) is 45.7. The Morgan fingerprint density at radius 2 is 1.01 bits per heavy atom. The molecule has 4 aromatic carbocycles. The van der Waals surface area contributed by atoms with Gasteiger partial charge in [-0.1, -0.05) is 141 Å². The van der Waals surface area contributed by atoms with Crippen molar-refractivity contribution >= 4 is 46.1 Å². The van der Waals surface area contributed by atoms with E-state index in [0.29, 0.717) is 0 Å². The Morgan fingerprint density at radius 3 is 1.52 bits per heavy atom. The Bertz CT molecular complexity index is 3120. The number of fused-ring (bicyclic) bond motifs is 7. The Kier molecular flexibility index (Phi) is 9.83. The van der Waals surface area contributed by atoms with Gasteiger partial charge in [0.05, 0.1) is 5.70 Å². The van der Waals surface area contributed by atoms with Gasteiger partial charge in [-0.25, -0.2) is 0 Å². The molecule has 0 radical (unpaired) electrons. The van der Waals surface area contributed by atoms with Gasteiger partial charge in [0.2, 0.25) is 0 Å². The van der Waals surface area contributed by atoms with Crippen molar-refractivity contribution in [2.75, 3.05) is 9.80 Å². The molecule has 2 bridgehead atoms. The fourth-order valence-electron chi connectivity index (χ4n) is 13.7. The Balaban J connectivity index is 1.27. The second-order valence-electron chi connectivity index (χ2n) is 27.5. The highest BCUT2D eigenvalue weighted by Crippen LogP contribution is 2.58. The molecule has 69 heavy (non-hydrogen) atoms. The fraction of sp³-hybridized carbons (Fsp3) is 0.492. The molecule has 4 aliphatic carbocycles. The van der Waals surface area contributed by atoms with Gasteiger partial charge in [0.15, 0.2) is 5.76 Å². The zero-order valence-electron chi connectivity index (χ0n) is 45.7. The number of ether oxygens (including phenoxy) is 1. The van der Waals surface area contributed by atoms with E-state index >= 15 is 0 Å². The molecule has 7 aliphatic rings. The topological polar surface area (TPSA) is 15.7 Å². The van der Waals surface area contributed by atoms with Crippen LogP contribution >= 0.6 is 0 Å². The molecule has 3 aliphatic heterocycles. The first-order valence-electron chi connectivity index (χ1n) is 26.7. The van der Waals surface area contributed by atoms with E-state index in [1.165, 1.54) is 114 Å². The van der Waals surface area contributed by atoms with Crippen molar-refractivity contribution in [1.29, 1.82) is 0 Å². The molecule has 0 aromatic heterocycles. The van der Waals surface area contributed by atoms with Gasteiger partial charge in [0, 0.05) is 34.0 Å². The van der Waals surface area contributed by atoms with E-state index in [0.717, 1.165) is 48.4 Å². The van der Waals surface area contributed by atoms with Gasteiger partial charge in [0.1, 0.15) is 5.66 Å². The number of hydrogen-bond donors (Lipinski definition) is 0. The molecule has 0 saturated heterocycles. The lowest BCUT2D eigenvalue weighted by atomic mass is 9.35. The van der Waals surface area contributed by atoms with Gasteiger partial charge < -0.3 is 14.5 Å². The number of anilines is 5. The molecule has 358 valence electrons. The quantitative estimate of drug-likeness (QED) is 0.150. The number of benzene rings is 4. The third-order valence-corrected chi connectivity index (χ3v) is 18.8. The van der Waals surface area contributed by atoms with Gasteiger partial charge in [-0.05, 0) is 206 Å². The van der Waals surface area contributed by atoms with Crippen LogP contribution in [0.2, 0.25) is 0 Å². The highest BCUT2D eigenvalue weighted by Gasteiger charge is 2.51. The minimum Gasteiger partial charge on any atom is -0.460 e. The summed E-state index contributed by atoms with van der Waals surface area (Å²) in [5, 5.41) is 0. The van der Waals surface area contributed by atoms with Gasteiger partial charge in [-0.15, -0.1) is 0 Å². The second kappa shape index (κ2) is 14.6. The molecule has 11 rings (SSSR count). The molecule has 0 N–H and O–H groups in total. The van der Waals surface area contributed by atoms with E-state index in [1.54, 1.807) is 0 Å². The third-order valence-electron chi connectivity index (χ3n) is 18.8. The monoisotopic (exact) mass is 915 g/mol. The maximum Gasteiger partial charge on any atom is 0.297 e. The van der Waals surface area contributed by atoms with Crippen molar-refractivity contribution < 1.29 is 4.74 Å². The normalized spacial score (nSPS) is 22.6. The first-order valence-corrected chi connectivity index (χ1v) is 26.7. The molecule has 3 heterocycles. The van der Waals surface area contributed by atoms with E-state index in [4.69, 9.17) is 4.74 Å². The van der Waals surface area contributed by atoms with Crippen molar-refractivity contribution in [2.24, 2.45) is 10.8 Å². The first-order chi connectivity index (χ1) is 32.0. The van der Waals surface area contributed by atoms with Crippen molar-refractivity contribution in [2.45, 2.75) is 197 Å². The highest BCUT2D eigenvalue weighted by atomic mass is 16.5. The smallest absolute Gasteiger partial charge is 0.297 e. The SMILES string of the molecule is CCc1cc2c3c(c1)N(c1cc4c(cc1C)C(C)(C)CCC4(C)C)c1ccc(C(C)(C)C)cc1B3C1=C(C3=C=C(C=C4C(=C3)C(C)(C)CCC4(C)C)O1)N2c1cc2c(cc1C)C(C)(C)CCC2(C)C. The maximum absolute atomic E-state index is 7.70. The van der Waals surface area contributed by atoms with E-state index < -0.39 is 0 Å². The molecule has 3 nitrogen and oxygen atoms in total. The van der Waals surface area contributed by atoms with Crippen LogP contribution in [0, 0.1) is 24.7 Å². The van der Waals surface area contributed by atoms with Crippen LogP contribution in [0.25, 0.3) is 0 Å². The van der Waals surface area contributed by atoms with Crippen LogP contribution in [0.4, 0.5) is 28.4 Å². The number of hydrogen-bond acceptors (Lipinski definition) is 3. The molecule has 0 atom stereocenters. The largest absolute Gasteiger partial charge is 0.460 e. The van der Waals surface area contributed by atoms with Crippen LogP contribution in [0.5, 0.6) is 0 Å². The second-order valence-corrected chi connectivity index (χ2v) is 27.5. The maximum atomic E-state index is 7.70. The summed E-state index contributed by atoms with van der Waals surface area (Å²) in [4.78, 5) is 5.35. The number of allylic oxidation sites excluding steroid dienone is 3. The number of nitrogens with zero attached hydrogens (tertiary/aromatic N) is 2. The average molecular weight is 915 g/mol. The fourth-order valence-corrected chi connectivity index (χ4v) is 13.7. The van der Waals surface area contributed by atoms with Crippen molar-refractivity contribution in [3.8, 4) is 0 Å². The predicted molar refractivity (Wildman–Crippen MR) is 294 cm³/mol. The lowest BCUT2D eigenvalue weighted by Crippen LogP contribution is -2.57. The standard InChI is InChI=1S/C65H79BN2O/c1-19-40-30-54-56-55(31-40)68(53-37-49-45(29-39(53)3)61(9,10)23-27-65(49,17)18)57-41-32-43(35-47-46(33-41)62(11,12)24-25-63(47,13)14)69-58(57)66(56)50-34-42(59(4,5)6)20-21-51(50)67(54)52-36-48-44(28-38(52)2)60(7,8)22-26-64(48,15)16/h20-21,28-31,33-37H,19,22-27H2,1-18H3. The molecular weight excluding hydrogens is 836 g/mol. The van der Waals surface area contributed by atoms with Crippen LogP contribution in [0.15, 0.2) is 106 Å². The summed E-state index contributed by atoms with van der Waals surface area (Å²) in [5.74, 6) is 0.835. The summed E-state index contributed by atoms with van der Waals surface area (Å²) in [7, 11) is 0. The van der Waals surface area contributed by atoms with Crippen LogP contribution in [-0.4, -0.2) is 6.71 Å². The average Bonchev–Trinajstić information content (AvgIpc) is 3.43. The van der Waals surface area contributed by atoms with Crippen molar-refractivity contribution in [1.82, 2.24) is 0 Å². The van der Waals surface area contributed by atoms with Gasteiger partial charge >= 0.3 is 0 Å². The molecule has 1 fully saturated rings. The molecule has 0 amide bonds. The lowest BCUT2D eigenvalue weighted by molar-refractivity contribution is 0.258. The molecular formula is C65H79BN2O. The summed E-state index contributed by atoms with van der Waals surface area (Å²) in [5.41, 5.74) is 30.6. The summed E-state index contributed by atoms with van der Waals surface area (Å²) >= 11 is 0. The first kappa shape index (κ1) is 46.5. The molecule has 0 unspecified atom stereocenters. The molecule has 4 aromatic rings. The Morgan fingerprint density at radius 1 is 0.551 bits per heavy atom. The predicted octanol–water partition coefficient (Wildman–Crippen LogP) is 16.3. The van der Waals surface area contributed by atoms with Crippen molar-refractivity contribution in [3.05, 3.63) is 151 Å². The summed E-state index contributed by atoms with van der Waals surface area (Å²) < 4.78 is 7.70. The van der Waals surface area contributed by atoms with Gasteiger partial charge in [-0.3, -0.25) is 0 Å². The van der Waals surface area contributed by atoms with Crippen LogP contribution in [0.1, 0.15) is 194 Å². The minimum absolute atomic E-state index is 0.00214. The van der Waals surface area contributed by atoms with Crippen LogP contribution < -0.4 is 20.7 Å². The highest BCUT2D eigenvalue weighted by molar-refractivity contribution is 6.95. The van der Waals surface area contributed by atoms with E-state index in [9.17, 15) is 0 Å². The molecule has 1 saturated carbocycles. The van der Waals surface area contributed by atoms with Crippen LogP contribution in [0.3, 0.4) is 0 Å². The van der Waals surface area contributed by atoms with Crippen molar-refractivity contribution in [3.63, 3.8) is 0 Å². The summed E-state index contributed by atoms with van der Waals surface area (Å²) in [6.45, 7) is 43.5. The van der Waals surface area contributed by atoms with E-state index in [2.05, 4.69) is 207 Å². The molecule has 0 spiro atoms. The third kappa shape index (κ3) is 6.87. The van der Waals surface area contributed by atoms with Crippen LogP contribution in [-0.2, 0) is 38.2 Å². The number of aryl methyl sites for hydroxylation is 3. The van der Waals surface area contributed by atoms with E-state index in [-0.39, 0.29) is 44.6 Å². The molecule has 4 heteroatoms. The number of rotatable bonds is 3. The summed E-state index contributed by atoms with van der Waals surface area (Å²) in [6.07, 6.45) is 12.8. The minimum atomic E-state index is -0.146. The van der Waals surface area contributed by atoms with E-state index in [1.807, 2.05) is 0 Å².